The molecule has 3 rings (SSSR count). The fraction of sp³-hybridized carbons (Fsp3) is 0.318. The molecule has 0 radical (unpaired) electrons. The largest absolute Gasteiger partial charge is 0.337 e. The minimum absolute atomic E-state index is 0.00560. The second kappa shape index (κ2) is 9.71. The van der Waals surface area contributed by atoms with E-state index in [2.05, 4.69) is 33.9 Å². The summed E-state index contributed by atoms with van der Waals surface area (Å²) in [5.74, 6) is 0.00560. The highest BCUT2D eigenvalue weighted by Gasteiger charge is 2.19. The average molecular weight is 414 g/mol. The van der Waals surface area contributed by atoms with Gasteiger partial charge in [0.05, 0.1) is 6.26 Å². The normalized spacial score (nSPS) is 15.6. The number of nitrogens with one attached hydrogen (secondary N) is 1. The summed E-state index contributed by atoms with van der Waals surface area (Å²) in [6.07, 6.45) is 5.48. The highest BCUT2D eigenvalue weighted by atomic mass is 32.2. The third-order valence-corrected chi connectivity index (χ3v) is 5.48. The van der Waals surface area contributed by atoms with E-state index in [9.17, 15) is 13.2 Å². The summed E-state index contributed by atoms with van der Waals surface area (Å²) in [6, 6.07) is 17.4. The van der Waals surface area contributed by atoms with Crippen molar-refractivity contribution in [1.82, 2.24) is 9.80 Å². The Balaban J connectivity index is 1.44. The first-order valence-electron chi connectivity index (χ1n) is 9.70. The molecular formula is C22H27N3O3S. The van der Waals surface area contributed by atoms with Gasteiger partial charge in [-0.2, -0.15) is 0 Å². The lowest BCUT2D eigenvalue weighted by molar-refractivity contribution is -0.127. The quantitative estimate of drug-likeness (QED) is 0.708. The molecule has 1 heterocycles. The first kappa shape index (κ1) is 21.1. The standard InChI is InChI=1S/C22H27N3O3S/c1-29(27,28)23-21-10-7-20(8-11-21)9-12-22(26)25-17-15-24(16-18-25)14-13-19-5-3-2-4-6-19/h2-12,23H,13-18H2,1H3/b12-9+. The van der Waals surface area contributed by atoms with Crippen LogP contribution in [-0.4, -0.2) is 63.1 Å². The molecule has 1 saturated heterocycles. The number of amides is 1. The van der Waals surface area contributed by atoms with Gasteiger partial charge in [-0.3, -0.25) is 14.4 Å². The van der Waals surface area contributed by atoms with Crippen LogP contribution in [0.25, 0.3) is 6.08 Å². The van der Waals surface area contributed by atoms with E-state index in [-0.39, 0.29) is 5.91 Å². The molecule has 154 valence electrons. The molecular weight excluding hydrogens is 386 g/mol. The molecule has 1 aliphatic heterocycles. The highest BCUT2D eigenvalue weighted by molar-refractivity contribution is 7.92. The van der Waals surface area contributed by atoms with Crippen LogP contribution in [0.1, 0.15) is 11.1 Å². The zero-order valence-electron chi connectivity index (χ0n) is 16.6. The van der Waals surface area contributed by atoms with Crippen molar-refractivity contribution in [2.24, 2.45) is 0 Å². The van der Waals surface area contributed by atoms with E-state index in [1.807, 2.05) is 11.0 Å². The molecule has 0 saturated carbocycles. The zero-order valence-corrected chi connectivity index (χ0v) is 17.4. The van der Waals surface area contributed by atoms with E-state index in [1.165, 1.54) is 5.56 Å². The number of sulfonamides is 1. The maximum absolute atomic E-state index is 12.4. The Morgan fingerprint density at radius 3 is 2.28 bits per heavy atom. The molecule has 1 fully saturated rings. The van der Waals surface area contributed by atoms with Crippen LogP contribution in [0.3, 0.4) is 0 Å². The Bertz CT molecular complexity index is 933. The number of nitrogens with zero attached hydrogens (tertiary/aromatic N) is 2. The minimum atomic E-state index is -3.29. The van der Waals surface area contributed by atoms with Crippen LogP contribution in [0, 0.1) is 0 Å². The number of carbonyl (C=O) groups excluding carboxylic acids is 1. The lowest BCUT2D eigenvalue weighted by Gasteiger charge is -2.34. The van der Waals surface area contributed by atoms with Crippen molar-refractivity contribution in [3.8, 4) is 0 Å². The number of rotatable bonds is 7. The van der Waals surface area contributed by atoms with Crippen molar-refractivity contribution < 1.29 is 13.2 Å². The van der Waals surface area contributed by atoms with E-state index in [4.69, 9.17) is 0 Å². The smallest absolute Gasteiger partial charge is 0.246 e. The van der Waals surface area contributed by atoms with Crippen LogP contribution in [0.5, 0.6) is 0 Å². The van der Waals surface area contributed by atoms with E-state index >= 15 is 0 Å². The average Bonchev–Trinajstić information content (AvgIpc) is 2.71. The molecule has 1 amide bonds. The third-order valence-electron chi connectivity index (χ3n) is 4.88. The van der Waals surface area contributed by atoms with Gasteiger partial charge in [-0.15, -0.1) is 0 Å². The van der Waals surface area contributed by atoms with E-state index in [0.717, 1.165) is 51.0 Å². The number of hydrogen-bond acceptors (Lipinski definition) is 4. The monoisotopic (exact) mass is 413 g/mol. The number of carbonyl (C=O) groups is 1. The van der Waals surface area contributed by atoms with Crippen LogP contribution >= 0.6 is 0 Å². The second-order valence-electron chi connectivity index (χ2n) is 7.23. The predicted molar refractivity (Wildman–Crippen MR) is 117 cm³/mol. The molecule has 1 aliphatic rings. The van der Waals surface area contributed by atoms with Gasteiger partial charge in [0.2, 0.25) is 15.9 Å². The van der Waals surface area contributed by atoms with Crippen molar-refractivity contribution >= 4 is 27.7 Å². The van der Waals surface area contributed by atoms with Crippen molar-refractivity contribution in [2.75, 3.05) is 43.7 Å². The van der Waals surface area contributed by atoms with Crippen molar-refractivity contribution in [2.45, 2.75) is 6.42 Å². The Kier molecular flexibility index (Phi) is 7.06. The molecule has 0 unspecified atom stereocenters. The molecule has 7 heteroatoms. The summed E-state index contributed by atoms with van der Waals surface area (Å²) < 4.78 is 24.9. The maximum Gasteiger partial charge on any atom is 0.246 e. The first-order chi connectivity index (χ1) is 13.9. The van der Waals surface area contributed by atoms with Gasteiger partial charge < -0.3 is 4.90 Å². The molecule has 0 atom stereocenters. The van der Waals surface area contributed by atoms with Gasteiger partial charge in [-0.05, 0) is 35.8 Å². The van der Waals surface area contributed by atoms with Crippen molar-refractivity contribution in [1.29, 1.82) is 0 Å². The SMILES string of the molecule is CS(=O)(=O)Nc1ccc(/C=C/C(=O)N2CCN(CCc3ccccc3)CC2)cc1. The van der Waals surface area contributed by atoms with Gasteiger partial charge in [0.25, 0.3) is 0 Å². The number of piperazine rings is 1. The summed E-state index contributed by atoms with van der Waals surface area (Å²) in [5, 5.41) is 0. The highest BCUT2D eigenvalue weighted by Crippen LogP contribution is 2.12. The second-order valence-corrected chi connectivity index (χ2v) is 8.98. The molecule has 0 aromatic heterocycles. The van der Waals surface area contributed by atoms with Crippen LogP contribution < -0.4 is 4.72 Å². The Hall–Kier alpha value is -2.64. The van der Waals surface area contributed by atoms with Gasteiger partial charge in [-0.25, -0.2) is 8.42 Å². The first-order valence-corrected chi connectivity index (χ1v) is 11.6. The van der Waals surface area contributed by atoms with Gasteiger partial charge in [-0.1, -0.05) is 42.5 Å². The van der Waals surface area contributed by atoms with E-state index in [0.29, 0.717) is 5.69 Å². The fourth-order valence-electron chi connectivity index (χ4n) is 3.27. The number of anilines is 1. The summed E-state index contributed by atoms with van der Waals surface area (Å²) in [6.45, 7) is 4.25. The maximum atomic E-state index is 12.4. The molecule has 0 spiro atoms. The number of benzene rings is 2. The summed E-state index contributed by atoms with van der Waals surface area (Å²) in [7, 11) is -3.29. The summed E-state index contributed by atoms with van der Waals surface area (Å²) in [4.78, 5) is 16.7. The van der Waals surface area contributed by atoms with Crippen LogP contribution in [-0.2, 0) is 21.2 Å². The molecule has 29 heavy (non-hydrogen) atoms. The number of hydrogen-bond donors (Lipinski definition) is 1. The molecule has 2 aromatic rings. The molecule has 0 bridgehead atoms. The topological polar surface area (TPSA) is 69.7 Å². The Morgan fingerprint density at radius 2 is 1.66 bits per heavy atom. The van der Waals surface area contributed by atoms with Crippen LogP contribution in [0.15, 0.2) is 60.7 Å². The predicted octanol–water partition coefficient (Wildman–Crippen LogP) is 2.46. The van der Waals surface area contributed by atoms with Gasteiger partial charge in [0.1, 0.15) is 0 Å². The lowest BCUT2D eigenvalue weighted by atomic mass is 10.1. The van der Waals surface area contributed by atoms with E-state index < -0.39 is 10.0 Å². The van der Waals surface area contributed by atoms with Gasteiger partial charge in [0, 0.05) is 44.5 Å². The van der Waals surface area contributed by atoms with Gasteiger partial charge in [0.15, 0.2) is 0 Å². The Morgan fingerprint density at radius 1 is 1.00 bits per heavy atom. The van der Waals surface area contributed by atoms with Gasteiger partial charge >= 0.3 is 0 Å². The van der Waals surface area contributed by atoms with Crippen LogP contribution in [0.4, 0.5) is 5.69 Å². The molecule has 1 N–H and O–H groups in total. The van der Waals surface area contributed by atoms with Crippen LogP contribution in [0.2, 0.25) is 0 Å². The lowest BCUT2D eigenvalue weighted by Crippen LogP contribution is -2.48. The Labute approximate surface area is 172 Å². The zero-order chi connectivity index (χ0) is 20.7. The molecule has 6 nitrogen and oxygen atoms in total. The van der Waals surface area contributed by atoms with Crippen molar-refractivity contribution in [3.05, 3.63) is 71.8 Å². The summed E-state index contributed by atoms with van der Waals surface area (Å²) in [5.41, 5.74) is 2.69. The summed E-state index contributed by atoms with van der Waals surface area (Å²) >= 11 is 0. The van der Waals surface area contributed by atoms with Crippen molar-refractivity contribution in [3.63, 3.8) is 0 Å². The van der Waals surface area contributed by atoms with E-state index in [1.54, 1.807) is 36.4 Å². The molecule has 0 aliphatic carbocycles. The fourth-order valence-corrected chi connectivity index (χ4v) is 3.84. The third kappa shape index (κ3) is 7.03. The minimum Gasteiger partial charge on any atom is -0.337 e. The molecule has 2 aromatic carbocycles.